The summed E-state index contributed by atoms with van der Waals surface area (Å²) in [6.45, 7) is 0.738. The average molecular weight is 508 g/mol. The van der Waals surface area contributed by atoms with Crippen molar-refractivity contribution >= 4 is 5.84 Å². The Morgan fingerprint density at radius 2 is 1.89 bits per heavy atom. The van der Waals surface area contributed by atoms with Crippen molar-refractivity contribution in [1.29, 1.82) is 5.41 Å². The van der Waals surface area contributed by atoms with Gasteiger partial charge in [-0.3, -0.25) is 10.4 Å². The van der Waals surface area contributed by atoms with Crippen molar-refractivity contribution in [2.24, 2.45) is 5.73 Å². The number of nitrogen functional groups attached to an aromatic ring is 1. The van der Waals surface area contributed by atoms with E-state index in [0.29, 0.717) is 22.6 Å². The van der Waals surface area contributed by atoms with Crippen LogP contribution in [0.4, 0.5) is 8.78 Å². The van der Waals surface area contributed by atoms with Gasteiger partial charge in [-0.2, -0.15) is 4.68 Å². The van der Waals surface area contributed by atoms with Crippen LogP contribution in [-0.4, -0.2) is 41.0 Å². The zero-order chi connectivity index (χ0) is 26.5. The Morgan fingerprint density at radius 3 is 2.57 bits per heavy atom. The molecule has 4 rings (SSSR count). The van der Waals surface area contributed by atoms with E-state index in [4.69, 9.17) is 20.6 Å². The summed E-state index contributed by atoms with van der Waals surface area (Å²) < 4.78 is 40.3. The maximum atomic E-state index is 15.7. The molecule has 3 aromatic carbocycles. The molecule has 0 radical (unpaired) electrons. The molecule has 4 aromatic rings. The molecule has 0 aliphatic heterocycles. The quantitative estimate of drug-likeness (QED) is 0.221. The fourth-order valence-corrected chi connectivity index (χ4v) is 4.15. The fraction of sp³-hybridized carbons (Fsp3) is 0.222. The lowest BCUT2D eigenvalue weighted by Gasteiger charge is -2.19. The fourth-order valence-electron chi connectivity index (χ4n) is 4.15. The van der Waals surface area contributed by atoms with E-state index < -0.39 is 24.1 Å². The number of ether oxygens (including phenoxy) is 2. The van der Waals surface area contributed by atoms with Gasteiger partial charge >= 0.3 is 5.69 Å². The number of aromatic nitrogens is 3. The van der Waals surface area contributed by atoms with Gasteiger partial charge in [0.15, 0.2) is 11.6 Å². The highest BCUT2D eigenvalue weighted by Gasteiger charge is 2.26. The number of hydrogen-bond acceptors (Lipinski definition) is 5. The monoisotopic (exact) mass is 507 g/mol. The van der Waals surface area contributed by atoms with Crippen LogP contribution in [0, 0.1) is 18.2 Å². The summed E-state index contributed by atoms with van der Waals surface area (Å²) in [6, 6.07) is 17.1. The highest BCUT2D eigenvalue weighted by atomic mass is 19.1. The normalized spacial score (nSPS) is 11.8. The number of nitrogens with two attached hydrogens (primary N) is 1. The lowest BCUT2D eigenvalue weighted by molar-refractivity contribution is 0.261. The lowest BCUT2D eigenvalue weighted by atomic mass is 9.89. The third-order valence-electron chi connectivity index (χ3n) is 5.91. The summed E-state index contributed by atoms with van der Waals surface area (Å²) in [5, 5.41) is 12.1. The highest BCUT2D eigenvalue weighted by Crippen LogP contribution is 2.34. The van der Waals surface area contributed by atoms with Gasteiger partial charge in [0, 0.05) is 11.1 Å². The van der Waals surface area contributed by atoms with Crippen molar-refractivity contribution in [2.75, 3.05) is 20.4 Å². The summed E-state index contributed by atoms with van der Waals surface area (Å²) in [4.78, 5) is 15.7. The minimum absolute atomic E-state index is 0.0673. The number of halogens is 2. The molecule has 1 heterocycles. The molecule has 1 aromatic heterocycles. The Kier molecular flexibility index (Phi) is 7.66. The standard InChI is InChI=1S/C27H27F2N5O3/c1-16-13-19(24(29)23(14-16)37-12-11-28)20(15-17-7-9-18(10-8-17)25(30)31)26-32-27(35)34(33-26)21-5-3-4-6-22(21)36-2/h3-10,13-14,20H,11-12,15H2,1-2H3,(H3,30,31)(H,32,33,35). The van der Waals surface area contributed by atoms with Gasteiger partial charge in [-0.1, -0.05) is 42.5 Å². The van der Waals surface area contributed by atoms with E-state index in [2.05, 4.69) is 10.1 Å². The molecule has 10 heteroatoms. The first-order chi connectivity index (χ1) is 17.8. The number of para-hydroxylation sites is 2. The third-order valence-corrected chi connectivity index (χ3v) is 5.91. The van der Waals surface area contributed by atoms with Crippen LogP contribution >= 0.6 is 0 Å². The first-order valence-corrected chi connectivity index (χ1v) is 11.6. The molecule has 37 heavy (non-hydrogen) atoms. The molecule has 8 nitrogen and oxygen atoms in total. The molecule has 1 unspecified atom stereocenters. The predicted molar refractivity (Wildman–Crippen MR) is 136 cm³/mol. The molecule has 0 aliphatic carbocycles. The summed E-state index contributed by atoms with van der Waals surface area (Å²) in [7, 11) is 1.49. The number of benzene rings is 3. The van der Waals surface area contributed by atoms with Gasteiger partial charge in [-0.05, 0) is 42.7 Å². The van der Waals surface area contributed by atoms with Crippen molar-refractivity contribution in [1.82, 2.24) is 14.8 Å². The van der Waals surface area contributed by atoms with Gasteiger partial charge in [-0.25, -0.2) is 13.6 Å². The number of rotatable bonds is 10. The second-order valence-electron chi connectivity index (χ2n) is 8.47. The SMILES string of the molecule is COc1ccccc1-n1nc(C(Cc2ccc(C(=N)N)cc2)c2cc(C)cc(OCCF)c2F)[nH]c1=O. The van der Waals surface area contributed by atoms with Crippen LogP contribution < -0.4 is 20.9 Å². The molecule has 0 amide bonds. The topological polar surface area (TPSA) is 119 Å². The Bertz CT molecular complexity index is 1460. The molecular formula is C27H27F2N5O3. The number of H-pyrrole nitrogens is 1. The first kappa shape index (κ1) is 25.6. The van der Waals surface area contributed by atoms with Crippen molar-refractivity contribution in [2.45, 2.75) is 19.3 Å². The van der Waals surface area contributed by atoms with Crippen LogP contribution in [0.1, 0.15) is 34.0 Å². The second kappa shape index (κ2) is 11.1. The number of nitrogens with one attached hydrogen (secondary N) is 2. The third kappa shape index (κ3) is 5.53. The largest absolute Gasteiger partial charge is 0.494 e. The number of amidine groups is 1. The summed E-state index contributed by atoms with van der Waals surface area (Å²) >= 11 is 0. The molecular weight excluding hydrogens is 480 g/mol. The van der Waals surface area contributed by atoms with Crippen molar-refractivity contribution in [3.8, 4) is 17.2 Å². The van der Waals surface area contributed by atoms with E-state index in [9.17, 15) is 9.18 Å². The molecule has 0 saturated heterocycles. The summed E-state index contributed by atoms with van der Waals surface area (Å²) in [5.74, 6) is -0.842. The van der Waals surface area contributed by atoms with Crippen LogP contribution in [0.15, 0.2) is 65.5 Å². The van der Waals surface area contributed by atoms with Crippen molar-refractivity contribution < 1.29 is 18.3 Å². The lowest BCUT2D eigenvalue weighted by Crippen LogP contribution is -2.16. The minimum atomic E-state index is -0.759. The molecule has 4 N–H and O–H groups in total. The Balaban J connectivity index is 1.84. The second-order valence-corrected chi connectivity index (χ2v) is 8.47. The molecule has 0 fully saturated rings. The molecule has 1 atom stereocenters. The zero-order valence-corrected chi connectivity index (χ0v) is 20.4. The number of methoxy groups -OCH3 is 1. The van der Waals surface area contributed by atoms with Gasteiger partial charge in [0.2, 0.25) is 0 Å². The Hall–Kier alpha value is -4.47. The number of aryl methyl sites for hydroxylation is 1. The number of hydrogen-bond donors (Lipinski definition) is 3. The van der Waals surface area contributed by atoms with E-state index >= 15 is 4.39 Å². The van der Waals surface area contributed by atoms with Gasteiger partial charge in [-0.15, -0.1) is 5.10 Å². The van der Waals surface area contributed by atoms with E-state index in [1.165, 1.54) is 17.9 Å². The van der Waals surface area contributed by atoms with E-state index in [1.807, 2.05) is 0 Å². The minimum Gasteiger partial charge on any atom is -0.494 e. The Morgan fingerprint density at radius 1 is 1.16 bits per heavy atom. The number of nitrogens with zero attached hydrogens (tertiary/aromatic N) is 2. The predicted octanol–water partition coefficient (Wildman–Crippen LogP) is 4.02. The number of alkyl halides is 1. The van der Waals surface area contributed by atoms with Crippen LogP contribution in [0.5, 0.6) is 11.5 Å². The average Bonchev–Trinajstić information content (AvgIpc) is 3.28. The summed E-state index contributed by atoms with van der Waals surface area (Å²) in [6.07, 6.45) is 0.264. The molecule has 0 bridgehead atoms. The Labute approximate surface area is 212 Å². The first-order valence-electron chi connectivity index (χ1n) is 11.6. The van der Waals surface area contributed by atoms with Gasteiger partial charge < -0.3 is 15.2 Å². The maximum absolute atomic E-state index is 15.7. The van der Waals surface area contributed by atoms with Crippen LogP contribution in [0.3, 0.4) is 0 Å². The van der Waals surface area contributed by atoms with Gasteiger partial charge in [0.05, 0.1) is 13.0 Å². The van der Waals surface area contributed by atoms with Gasteiger partial charge in [0.1, 0.15) is 36.4 Å². The van der Waals surface area contributed by atoms with Crippen LogP contribution in [0.2, 0.25) is 0 Å². The molecule has 0 aliphatic rings. The zero-order valence-electron chi connectivity index (χ0n) is 20.4. The van der Waals surface area contributed by atoms with Crippen molar-refractivity contribution in [3.63, 3.8) is 0 Å². The number of aromatic amines is 1. The molecule has 0 spiro atoms. The van der Waals surface area contributed by atoms with E-state index in [1.54, 1.807) is 61.5 Å². The van der Waals surface area contributed by atoms with E-state index in [-0.39, 0.29) is 36.0 Å². The molecule has 0 saturated carbocycles. The smallest absolute Gasteiger partial charge is 0.348 e. The maximum Gasteiger partial charge on any atom is 0.348 e. The van der Waals surface area contributed by atoms with Crippen LogP contribution in [-0.2, 0) is 6.42 Å². The van der Waals surface area contributed by atoms with Crippen LogP contribution in [0.25, 0.3) is 5.69 Å². The van der Waals surface area contributed by atoms with E-state index in [0.717, 1.165) is 5.56 Å². The summed E-state index contributed by atoms with van der Waals surface area (Å²) in [5.41, 5.74) is 7.78. The van der Waals surface area contributed by atoms with Gasteiger partial charge in [0.25, 0.3) is 0 Å². The van der Waals surface area contributed by atoms with Crippen molar-refractivity contribution in [3.05, 3.63) is 105 Å². The molecule has 192 valence electrons. The highest BCUT2D eigenvalue weighted by molar-refractivity contribution is 5.94.